The molecule has 1 aromatic carbocycles. The highest BCUT2D eigenvalue weighted by atomic mass is 16.2. The van der Waals surface area contributed by atoms with Crippen molar-refractivity contribution in [2.24, 2.45) is 0 Å². The van der Waals surface area contributed by atoms with Crippen molar-refractivity contribution in [1.29, 1.82) is 0 Å². The van der Waals surface area contributed by atoms with Gasteiger partial charge in [-0.1, -0.05) is 38.1 Å². The number of carbonyl (C=O) groups is 1. The van der Waals surface area contributed by atoms with Crippen molar-refractivity contribution >= 4 is 5.91 Å². The van der Waals surface area contributed by atoms with Gasteiger partial charge in [0.15, 0.2) is 0 Å². The number of nitrogens with one attached hydrogen (secondary N) is 1. The van der Waals surface area contributed by atoms with Gasteiger partial charge in [-0.15, -0.1) is 5.10 Å². The second kappa shape index (κ2) is 5.68. The average molecular weight is 284 g/mol. The minimum Gasteiger partial charge on any atom is -0.335 e. The lowest BCUT2D eigenvalue weighted by atomic mass is 10.0. The van der Waals surface area contributed by atoms with Gasteiger partial charge in [0.05, 0.1) is 0 Å². The quantitative estimate of drug-likeness (QED) is 0.919. The van der Waals surface area contributed by atoms with Crippen LogP contribution in [0, 0.1) is 0 Å². The van der Waals surface area contributed by atoms with Gasteiger partial charge in [-0.2, -0.15) is 0 Å². The summed E-state index contributed by atoms with van der Waals surface area (Å²) >= 11 is 0. The molecule has 0 saturated carbocycles. The maximum Gasteiger partial charge on any atom is 0.293 e. The van der Waals surface area contributed by atoms with Crippen molar-refractivity contribution in [2.45, 2.75) is 32.6 Å². The molecule has 0 atom stereocenters. The first-order valence-electron chi connectivity index (χ1n) is 7.43. The van der Waals surface area contributed by atoms with E-state index in [-0.39, 0.29) is 17.6 Å². The first-order chi connectivity index (χ1) is 10.1. The molecule has 5 nitrogen and oxygen atoms in total. The van der Waals surface area contributed by atoms with E-state index in [1.54, 1.807) is 0 Å². The van der Waals surface area contributed by atoms with Crippen LogP contribution in [0.4, 0.5) is 0 Å². The molecule has 0 spiro atoms. The summed E-state index contributed by atoms with van der Waals surface area (Å²) in [4.78, 5) is 18.7. The fraction of sp³-hybridized carbons (Fsp3) is 0.438. The van der Waals surface area contributed by atoms with Crippen molar-refractivity contribution in [1.82, 2.24) is 20.1 Å². The molecule has 0 radical (unpaired) electrons. The molecule has 3 rings (SSSR count). The number of rotatable bonds is 2. The summed E-state index contributed by atoms with van der Waals surface area (Å²) in [7, 11) is 0. The number of hydrogen-bond acceptors (Lipinski definition) is 3. The Kier molecular flexibility index (Phi) is 3.73. The SMILES string of the molecule is CC(C)c1nc(C(=O)N2CCc3ccccc3CC2)n[nH]1. The van der Waals surface area contributed by atoms with Gasteiger partial charge in [0, 0.05) is 19.0 Å². The fourth-order valence-corrected chi connectivity index (χ4v) is 2.64. The van der Waals surface area contributed by atoms with Crippen LogP contribution in [-0.4, -0.2) is 39.1 Å². The van der Waals surface area contributed by atoms with Crippen LogP contribution in [0.15, 0.2) is 24.3 Å². The molecule has 0 saturated heterocycles. The maximum absolute atomic E-state index is 12.5. The van der Waals surface area contributed by atoms with Crippen LogP contribution in [-0.2, 0) is 12.8 Å². The van der Waals surface area contributed by atoms with Gasteiger partial charge in [-0.25, -0.2) is 4.98 Å². The molecule has 110 valence electrons. The van der Waals surface area contributed by atoms with Crippen LogP contribution in [0.3, 0.4) is 0 Å². The largest absolute Gasteiger partial charge is 0.335 e. The Balaban J connectivity index is 1.74. The average Bonchev–Trinajstić information content (AvgIpc) is 2.88. The number of aromatic nitrogens is 3. The van der Waals surface area contributed by atoms with Crippen LogP contribution in [0.1, 0.15) is 47.3 Å². The molecule has 2 aromatic rings. The Labute approximate surface area is 124 Å². The van der Waals surface area contributed by atoms with Crippen molar-refractivity contribution in [2.75, 3.05) is 13.1 Å². The van der Waals surface area contributed by atoms with Crippen LogP contribution in [0.5, 0.6) is 0 Å². The first-order valence-corrected chi connectivity index (χ1v) is 7.43. The summed E-state index contributed by atoms with van der Waals surface area (Å²) in [6.45, 7) is 5.50. The molecule has 0 unspecified atom stereocenters. The third kappa shape index (κ3) is 2.82. The Hall–Kier alpha value is -2.17. The van der Waals surface area contributed by atoms with E-state index < -0.39 is 0 Å². The number of amides is 1. The zero-order valence-corrected chi connectivity index (χ0v) is 12.5. The van der Waals surface area contributed by atoms with Crippen molar-refractivity contribution < 1.29 is 4.79 Å². The van der Waals surface area contributed by atoms with Gasteiger partial charge in [-0.3, -0.25) is 9.89 Å². The standard InChI is InChI=1S/C16H20N4O/c1-11(2)14-17-15(19-18-14)16(21)20-9-7-12-5-3-4-6-13(12)8-10-20/h3-6,11H,7-10H2,1-2H3,(H,17,18,19). The normalized spacial score (nSPS) is 14.9. The van der Waals surface area contributed by atoms with E-state index in [1.165, 1.54) is 11.1 Å². The van der Waals surface area contributed by atoms with E-state index in [1.807, 2.05) is 18.7 Å². The predicted octanol–water partition coefficient (Wildman–Crippen LogP) is 2.17. The molecule has 0 aliphatic carbocycles. The summed E-state index contributed by atoms with van der Waals surface area (Å²) in [6.07, 6.45) is 1.78. The molecule has 1 aromatic heterocycles. The van der Waals surface area contributed by atoms with E-state index in [0.717, 1.165) is 31.8 Å². The Morgan fingerprint density at radius 3 is 2.33 bits per heavy atom. The Morgan fingerprint density at radius 2 is 1.81 bits per heavy atom. The van der Waals surface area contributed by atoms with Gasteiger partial charge < -0.3 is 4.90 Å². The highest BCUT2D eigenvalue weighted by Crippen LogP contribution is 2.17. The number of H-pyrrole nitrogens is 1. The molecular weight excluding hydrogens is 264 g/mol. The molecule has 0 fully saturated rings. The highest BCUT2D eigenvalue weighted by molar-refractivity contribution is 5.90. The molecule has 0 bridgehead atoms. The predicted molar refractivity (Wildman–Crippen MR) is 80.2 cm³/mol. The minimum atomic E-state index is -0.0778. The van der Waals surface area contributed by atoms with Crippen molar-refractivity contribution in [3.63, 3.8) is 0 Å². The molecule has 2 heterocycles. The fourth-order valence-electron chi connectivity index (χ4n) is 2.64. The second-order valence-electron chi connectivity index (χ2n) is 5.76. The number of carbonyl (C=O) groups excluding carboxylic acids is 1. The molecule has 1 aliphatic rings. The third-order valence-corrected chi connectivity index (χ3v) is 3.95. The molecular formula is C16H20N4O. The minimum absolute atomic E-state index is 0.0778. The third-order valence-electron chi connectivity index (χ3n) is 3.95. The van der Waals surface area contributed by atoms with Crippen LogP contribution in [0.25, 0.3) is 0 Å². The Bertz CT molecular complexity index is 620. The van der Waals surface area contributed by atoms with Crippen molar-refractivity contribution in [3.8, 4) is 0 Å². The van der Waals surface area contributed by atoms with E-state index >= 15 is 0 Å². The van der Waals surface area contributed by atoms with E-state index in [2.05, 4.69) is 39.4 Å². The van der Waals surface area contributed by atoms with Gasteiger partial charge in [0.2, 0.25) is 5.82 Å². The number of fused-ring (bicyclic) bond motifs is 1. The van der Waals surface area contributed by atoms with Crippen molar-refractivity contribution in [3.05, 3.63) is 47.0 Å². The van der Waals surface area contributed by atoms with Gasteiger partial charge in [0.25, 0.3) is 5.91 Å². The molecule has 1 N–H and O–H groups in total. The summed E-state index contributed by atoms with van der Waals surface area (Å²) < 4.78 is 0. The Morgan fingerprint density at radius 1 is 1.19 bits per heavy atom. The van der Waals surface area contributed by atoms with E-state index in [4.69, 9.17) is 0 Å². The lowest BCUT2D eigenvalue weighted by Gasteiger charge is -2.18. The summed E-state index contributed by atoms with van der Waals surface area (Å²) in [6, 6.07) is 8.40. The van der Waals surface area contributed by atoms with E-state index in [9.17, 15) is 4.79 Å². The highest BCUT2D eigenvalue weighted by Gasteiger charge is 2.23. The lowest BCUT2D eigenvalue weighted by molar-refractivity contribution is 0.0751. The lowest BCUT2D eigenvalue weighted by Crippen LogP contribution is -2.34. The number of nitrogens with zero attached hydrogens (tertiary/aromatic N) is 3. The number of benzene rings is 1. The smallest absolute Gasteiger partial charge is 0.293 e. The zero-order chi connectivity index (χ0) is 14.8. The topological polar surface area (TPSA) is 61.9 Å². The number of aromatic amines is 1. The summed E-state index contributed by atoms with van der Waals surface area (Å²) in [5.41, 5.74) is 2.68. The first kappa shape index (κ1) is 13.8. The summed E-state index contributed by atoms with van der Waals surface area (Å²) in [5, 5.41) is 6.91. The molecule has 21 heavy (non-hydrogen) atoms. The molecule has 1 amide bonds. The van der Waals surface area contributed by atoms with Crippen LogP contribution >= 0.6 is 0 Å². The monoisotopic (exact) mass is 284 g/mol. The maximum atomic E-state index is 12.5. The summed E-state index contributed by atoms with van der Waals surface area (Å²) in [5.74, 6) is 1.21. The van der Waals surface area contributed by atoms with Gasteiger partial charge >= 0.3 is 0 Å². The zero-order valence-electron chi connectivity index (χ0n) is 12.5. The van der Waals surface area contributed by atoms with Gasteiger partial charge in [0.1, 0.15) is 5.82 Å². The second-order valence-corrected chi connectivity index (χ2v) is 5.76. The van der Waals surface area contributed by atoms with Crippen LogP contribution in [0.2, 0.25) is 0 Å². The van der Waals surface area contributed by atoms with E-state index in [0.29, 0.717) is 0 Å². The van der Waals surface area contributed by atoms with Gasteiger partial charge in [-0.05, 0) is 24.0 Å². The molecule has 5 heteroatoms. The number of hydrogen-bond donors (Lipinski definition) is 1. The molecule has 1 aliphatic heterocycles. The van der Waals surface area contributed by atoms with Crippen LogP contribution < -0.4 is 0 Å².